The number of aromatic nitrogens is 2. The zero-order valence-electron chi connectivity index (χ0n) is 9.30. The molecule has 2 atom stereocenters. The fourth-order valence-electron chi connectivity index (χ4n) is 1.80. The van der Waals surface area contributed by atoms with Gasteiger partial charge in [0, 0.05) is 11.4 Å². The zero-order chi connectivity index (χ0) is 11.7. The monoisotopic (exact) mass is 241 g/mol. The summed E-state index contributed by atoms with van der Waals surface area (Å²) in [6.07, 6.45) is 0. The van der Waals surface area contributed by atoms with Gasteiger partial charge in [0.25, 0.3) is 0 Å². The molecule has 1 aliphatic rings. The number of thioether (sulfide) groups is 1. The molecule has 0 bridgehead atoms. The Morgan fingerprint density at radius 3 is 3.00 bits per heavy atom. The van der Waals surface area contributed by atoms with Crippen molar-refractivity contribution in [3.8, 4) is 0 Å². The van der Waals surface area contributed by atoms with Crippen LogP contribution in [0.5, 0.6) is 0 Å². The maximum absolute atomic E-state index is 10.8. The Hall–Kier alpha value is -1.01. The summed E-state index contributed by atoms with van der Waals surface area (Å²) in [4.78, 5) is 10.8. The fourth-order valence-corrected chi connectivity index (χ4v) is 2.97. The van der Waals surface area contributed by atoms with E-state index in [1.54, 1.807) is 11.8 Å². The highest BCUT2D eigenvalue weighted by atomic mass is 32.2. The van der Waals surface area contributed by atoms with Crippen LogP contribution >= 0.6 is 11.8 Å². The number of hydrogen-bond donors (Lipinski definition) is 2. The largest absolute Gasteiger partial charge is 0.480 e. The van der Waals surface area contributed by atoms with Gasteiger partial charge in [-0.25, -0.2) is 0 Å². The minimum absolute atomic E-state index is 0.138. The van der Waals surface area contributed by atoms with Crippen LogP contribution in [0.2, 0.25) is 0 Å². The van der Waals surface area contributed by atoms with Gasteiger partial charge in [-0.2, -0.15) is 5.10 Å². The van der Waals surface area contributed by atoms with Crippen molar-refractivity contribution < 1.29 is 9.90 Å². The number of carbonyl (C=O) groups is 1. The van der Waals surface area contributed by atoms with Crippen LogP contribution in [0.25, 0.3) is 0 Å². The summed E-state index contributed by atoms with van der Waals surface area (Å²) < 4.78 is 1.92. The molecular formula is C10H15N3O2S. The van der Waals surface area contributed by atoms with E-state index in [1.807, 2.05) is 24.6 Å². The molecule has 88 valence electrons. The third kappa shape index (κ3) is 2.38. The third-order valence-electron chi connectivity index (χ3n) is 2.59. The number of carboxylic acids is 1. The Morgan fingerprint density at radius 2 is 2.50 bits per heavy atom. The fraction of sp³-hybridized carbons (Fsp3) is 0.600. The molecule has 2 heterocycles. The third-order valence-corrected chi connectivity index (χ3v) is 3.80. The van der Waals surface area contributed by atoms with E-state index in [1.165, 1.54) is 0 Å². The molecule has 0 aromatic carbocycles. The van der Waals surface area contributed by atoms with E-state index in [4.69, 9.17) is 5.11 Å². The first-order valence-electron chi connectivity index (χ1n) is 5.18. The summed E-state index contributed by atoms with van der Waals surface area (Å²) in [5.41, 5.74) is 2.11. The van der Waals surface area contributed by atoms with Crippen LogP contribution in [0.4, 0.5) is 0 Å². The molecule has 1 aromatic rings. The minimum atomic E-state index is -0.775. The van der Waals surface area contributed by atoms with Crippen molar-refractivity contribution in [2.24, 2.45) is 0 Å². The number of hydrogen-bond acceptors (Lipinski definition) is 4. The SMILES string of the molecule is Cc1cc(C)n(C[C@H]2N[C@H](C(=O)O)CS2)n1. The normalized spacial score (nSPS) is 24.9. The molecule has 0 aliphatic carbocycles. The van der Waals surface area contributed by atoms with Crippen LogP contribution in [-0.2, 0) is 11.3 Å². The van der Waals surface area contributed by atoms with Crippen molar-refractivity contribution in [1.82, 2.24) is 15.1 Å². The Kier molecular flexibility index (Phi) is 3.20. The Morgan fingerprint density at radius 1 is 1.75 bits per heavy atom. The molecule has 0 saturated carbocycles. The first kappa shape index (κ1) is 11.5. The van der Waals surface area contributed by atoms with E-state index in [2.05, 4.69) is 10.4 Å². The molecular weight excluding hydrogens is 226 g/mol. The van der Waals surface area contributed by atoms with Crippen molar-refractivity contribution in [3.05, 3.63) is 17.5 Å². The van der Waals surface area contributed by atoms with Crippen LogP contribution in [0.3, 0.4) is 0 Å². The van der Waals surface area contributed by atoms with Gasteiger partial charge in [-0.15, -0.1) is 11.8 Å². The smallest absolute Gasteiger partial charge is 0.321 e. The molecule has 1 saturated heterocycles. The molecule has 1 aliphatic heterocycles. The maximum Gasteiger partial charge on any atom is 0.321 e. The topological polar surface area (TPSA) is 67.2 Å². The zero-order valence-corrected chi connectivity index (χ0v) is 10.1. The molecule has 0 unspecified atom stereocenters. The summed E-state index contributed by atoms with van der Waals surface area (Å²) in [5, 5.41) is 16.4. The standard InChI is InChI=1S/C10H15N3O2S/c1-6-3-7(2)13(12-6)4-9-11-8(5-16-9)10(14)15/h3,8-9,11H,4-5H2,1-2H3,(H,14,15)/t8-,9-/m0/s1. The first-order chi connectivity index (χ1) is 7.56. The number of nitrogens with zero attached hydrogens (tertiary/aromatic N) is 2. The van der Waals surface area contributed by atoms with Crippen LogP contribution < -0.4 is 5.32 Å². The second kappa shape index (κ2) is 4.47. The lowest BCUT2D eigenvalue weighted by atomic mass is 10.3. The van der Waals surface area contributed by atoms with Gasteiger partial charge in [-0.3, -0.25) is 14.8 Å². The average Bonchev–Trinajstić information content (AvgIpc) is 2.75. The lowest BCUT2D eigenvalue weighted by Gasteiger charge is -2.12. The van der Waals surface area contributed by atoms with E-state index >= 15 is 0 Å². The molecule has 0 amide bonds. The van der Waals surface area contributed by atoms with E-state index in [9.17, 15) is 4.79 Å². The molecule has 1 aromatic heterocycles. The Labute approximate surface area is 98.2 Å². The lowest BCUT2D eigenvalue weighted by molar-refractivity contribution is -0.138. The van der Waals surface area contributed by atoms with Crippen molar-refractivity contribution in [2.75, 3.05) is 5.75 Å². The molecule has 16 heavy (non-hydrogen) atoms. The summed E-state index contributed by atoms with van der Waals surface area (Å²) in [6.45, 7) is 4.68. The number of rotatable bonds is 3. The molecule has 0 spiro atoms. The molecule has 1 fully saturated rings. The Bertz CT molecular complexity index is 405. The second-order valence-electron chi connectivity index (χ2n) is 3.99. The molecule has 6 heteroatoms. The van der Waals surface area contributed by atoms with Crippen LogP contribution in [-0.4, -0.2) is 38.0 Å². The molecule has 0 radical (unpaired) electrons. The van der Waals surface area contributed by atoms with Gasteiger partial charge in [-0.1, -0.05) is 0 Å². The van der Waals surface area contributed by atoms with Crippen molar-refractivity contribution >= 4 is 17.7 Å². The minimum Gasteiger partial charge on any atom is -0.480 e. The lowest BCUT2D eigenvalue weighted by Crippen LogP contribution is -2.38. The predicted octanol–water partition coefficient (Wildman–Crippen LogP) is 0.616. The summed E-state index contributed by atoms with van der Waals surface area (Å²) >= 11 is 1.64. The number of aryl methyl sites for hydroxylation is 2. The van der Waals surface area contributed by atoms with E-state index in [0.717, 1.165) is 11.4 Å². The number of carboxylic acid groups (broad SMARTS) is 1. The van der Waals surface area contributed by atoms with Gasteiger partial charge < -0.3 is 5.11 Å². The van der Waals surface area contributed by atoms with Gasteiger partial charge in [-0.05, 0) is 19.9 Å². The van der Waals surface area contributed by atoms with Gasteiger partial charge in [0.05, 0.1) is 17.6 Å². The molecule has 5 nitrogen and oxygen atoms in total. The number of nitrogens with one attached hydrogen (secondary N) is 1. The van der Waals surface area contributed by atoms with Crippen LogP contribution in [0.1, 0.15) is 11.4 Å². The van der Waals surface area contributed by atoms with Crippen molar-refractivity contribution in [2.45, 2.75) is 31.8 Å². The van der Waals surface area contributed by atoms with E-state index in [-0.39, 0.29) is 5.37 Å². The van der Waals surface area contributed by atoms with Crippen molar-refractivity contribution in [1.29, 1.82) is 0 Å². The van der Waals surface area contributed by atoms with Gasteiger partial charge >= 0.3 is 5.97 Å². The summed E-state index contributed by atoms with van der Waals surface area (Å²) in [5.74, 6) is -0.150. The van der Waals surface area contributed by atoms with E-state index < -0.39 is 12.0 Å². The highest BCUT2D eigenvalue weighted by Gasteiger charge is 2.29. The highest BCUT2D eigenvalue weighted by molar-refractivity contribution is 8.00. The molecule has 2 rings (SSSR count). The predicted molar refractivity (Wildman–Crippen MR) is 62.5 cm³/mol. The van der Waals surface area contributed by atoms with Crippen LogP contribution in [0.15, 0.2) is 6.07 Å². The van der Waals surface area contributed by atoms with Crippen LogP contribution in [0, 0.1) is 13.8 Å². The van der Waals surface area contributed by atoms with Crippen molar-refractivity contribution in [3.63, 3.8) is 0 Å². The van der Waals surface area contributed by atoms with Gasteiger partial charge in [0.2, 0.25) is 0 Å². The second-order valence-corrected chi connectivity index (χ2v) is 5.22. The summed E-state index contributed by atoms with van der Waals surface area (Å²) in [7, 11) is 0. The quantitative estimate of drug-likeness (QED) is 0.812. The average molecular weight is 241 g/mol. The highest BCUT2D eigenvalue weighted by Crippen LogP contribution is 2.20. The Balaban J connectivity index is 1.97. The first-order valence-corrected chi connectivity index (χ1v) is 6.22. The summed E-state index contributed by atoms with van der Waals surface area (Å²) in [6, 6.07) is 1.60. The van der Waals surface area contributed by atoms with Gasteiger partial charge in [0.15, 0.2) is 0 Å². The van der Waals surface area contributed by atoms with E-state index in [0.29, 0.717) is 12.3 Å². The molecule has 2 N–H and O–H groups in total. The van der Waals surface area contributed by atoms with Gasteiger partial charge in [0.1, 0.15) is 6.04 Å². The maximum atomic E-state index is 10.8. The number of aliphatic carboxylic acids is 1.